The Morgan fingerprint density at radius 3 is 3.18 bits per heavy atom. The molecule has 0 spiro atoms. The Morgan fingerprint density at radius 2 is 2.45 bits per heavy atom. The first-order valence-corrected chi connectivity index (χ1v) is 4.09. The minimum absolute atomic E-state index is 0.938. The third kappa shape index (κ3) is 1.07. The number of hydrogen-bond acceptors (Lipinski definition) is 3. The van der Waals surface area contributed by atoms with Crippen molar-refractivity contribution in [2.24, 2.45) is 0 Å². The fourth-order valence-electron chi connectivity index (χ4n) is 0.961. The van der Waals surface area contributed by atoms with Crippen LogP contribution in [-0.4, -0.2) is 12.1 Å². The lowest BCUT2D eigenvalue weighted by Gasteiger charge is -1.86. The molecule has 2 aromatic rings. The summed E-state index contributed by atoms with van der Waals surface area (Å²) in [6.45, 7) is 0. The summed E-state index contributed by atoms with van der Waals surface area (Å²) >= 11 is 1.61. The average molecular weight is 165 g/mol. The molecular weight excluding hydrogens is 158 g/mol. The van der Waals surface area contributed by atoms with Crippen LogP contribution < -0.4 is 4.74 Å². The fraction of sp³-hybridized carbons (Fsp3) is 0.125. The second kappa shape index (κ2) is 2.51. The molecule has 2 heterocycles. The van der Waals surface area contributed by atoms with Crippen LogP contribution in [0.1, 0.15) is 0 Å². The highest BCUT2D eigenvalue weighted by molar-refractivity contribution is 7.20. The van der Waals surface area contributed by atoms with E-state index in [1.807, 2.05) is 18.3 Å². The summed E-state index contributed by atoms with van der Waals surface area (Å²) in [6.07, 6.45) is 3.64. The number of aromatic nitrogens is 1. The summed E-state index contributed by atoms with van der Waals surface area (Å²) in [5.74, 6) is 0. The molecule has 2 aromatic heterocycles. The number of nitrogens with zero attached hydrogens (tertiary/aromatic N) is 1. The largest absolute Gasteiger partial charge is 0.487 e. The molecule has 3 heteroatoms. The molecule has 0 fully saturated rings. The van der Waals surface area contributed by atoms with Crippen LogP contribution in [-0.2, 0) is 0 Å². The van der Waals surface area contributed by atoms with Crippen molar-refractivity contribution in [3.05, 3.63) is 24.5 Å². The van der Waals surface area contributed by atoms with Gasteiger partial charge in [-0.3, -0.25) is 4.98 Å². The van der Waals surface area contributed by atoms with Crippen molar-refractivity contribution >= 4 is 21.4 Å². The van der Waals surface area contributed by atoms with Crippen LogP contribution >= 0.6 is 11.3 Å². The van der Waals surface area contributed by atoms with Crippen LogP contribution in [0.25, 0.3) is 10.1 Å². The van der Waals surface area contributed by atoms with Gasteiger partial charge in [-0.15, -0.1) is 0 Å². The first kappa shape index (κ1) is 6.61. The van der Waals surface area contributed by atoms with Crippen LogP contribution in [0.3, 0.4) is 0 Å². The van der Waals surface area contributed by atoms with Crippen LogP contribution in [0.2, 0.25) is 0 Å². The smallest absolute Gasteiger partial charge is 0.174 e. The third-order valence-electron chi connectivity index (χ3n) is 1.50. The van der Waals surface area contributed by atoms with Crippen LogP contribution in [0.4, 0.5) is 0 Å². The predicted octanol–water partition coefficient (Wildman–Crippen LogP) is 2.30. The Kier molecular flexibility index (Phi) is 1.51. The molecule has 0 aliphatic heterocycles. The van der Waals surface area contributed by atoms with Crippen molar-refractivity contribution in [2.75, 3.05) is 7.11 Å². The molecule has 0 saturated heterocycles. The molecule has 0 atom stereocenters. The summed E-state index contributed by atoms with van der Waals surface area (Å²) in [7, 11) is 1.68. The van der Waals surface area contributed by atoms with E-state index in [2.05, 4.69) is 4.98 Å². The minimum atomic E-state index is 0.938. The van der Waals surface area contributed by atoms with E-state index in [1.54, 1.807) is 24.6 Å². The van der Waals surface area contributed by atoms with Gasteiger partial charge in [0, 0.05) is 12.4 Å². The second-order valence-corrected chi connectivity index (χ2v) is 3.23. The highest BCUT2D eigenvalue weighted by Crippen LogP contribution is 2.29. The molecule has 0 aliphatic carbocycles. The van der Waals surface area contributed by atoms with Crippen molar-refractivity contribution < 1.29 is 4.74 Å². The molecule has 0 bridgehead atoms. The van der Waals surface area contributed by atoms with E-state index in [-0.39, 0.29) is 0 Å². The molecular formula is C8H7NOS. The highest BCUT2D eigenvalue weighted by Gasteiger charge is 1.98. The van der Waals surface area contributed by atoms with E-state index in [0.717, 1.165) is 5.06 Å². The van der Waals surface area contributed by atoms with E-state index >= 15 is 0 Å². The van der Waals surface area contributed by atoms with E-state index in [4.69, 9.17) is 4.74 Å². The highest BCUT2D eigenvalue weighted by atomic mass is 32.1. The average Bonchev–Trinajstić information content (AvgIpc) is 2.46. The molecule has 2 rings (SSSR count). The van der Waals surface area contributed by atoms with E-state index < -0.39 is 0 Å². The van der Waals surface area contributed by atoms with E-state index in [1.165, 1.54) is 10.1 Å². The van der Waals surface area contributed by atoms with Gasteiger partial charge in [0.15, 0.2) is 5.06 Å². The second-order valence-electron chi connectivity index (χ2n) is 2.18. The summed E-state index contributed by atoms with van der Waals surface area (Å²) in [6, 6.07) is 4.00. The maximum absolute atomic E-state index is 5.09. The normalized spacial score (nSPS) is 10.3. The monoisotopic (exact) mass is 165 g/mol. The molecule has 0 aromatic carbocycles. The Balaban J connectivity index is 2.69. The standard InChI is InChI=1S/C8H7NOS/c1-10-8-4-6-2-3-9-5-7(6)11-8/h2-5H,1H3. The topological polar surface area (TPSA) is 22.1 Å². The van der Waals surface area contributed by atoms with Crippen molar-refractivity contribution in [1.82, 2.24) is 4.98 Å². The minimum Gasteiger partial charge on any atom is -0.487 e. The molecule has 11 heavy (non-hydrogen) atoms. The lowest BCUT2D eigenvalue weighted by atomic mass is 10.3. The first-order chi connectivity index (χ1) is 5.40. The maximum Gasteiger partial charge on any atom is 0.174 e. The zero-order valence-electron chi connectivity index (χ0n) is 6.07. The SMILES string of the molecule is COc1cc2ccncc2s1. The molecule has 0 aliphatic rings. The van der Waals surface area contributed by atoms with Crippen molar-refractivity contribution in [3.63, 3.8) is 0 Å². The molecule has 0 radical (unpaired) electrons. The zero-order valence-corrected chi connectivity index (χ0v) is 6.89. The van der Waals surface area contributed by atoms with Gasteiger partial charge in [0.1, 0.15) is 0 Å². The van der Waals surface area contributed by atoms with Gasteiger partial charge in [-0.1, -0.05) is 11.3 Å². The lowest BCUT2D eigenvalue weighted by Crippen LogP contribution is -1.73. The van der Waals surface area contributed by atoms with Gasteiger partial charge < -0.3 is 4.74 Å². The Bertz CT molecular complexity index is 336. The third-order valence-corrected chi connectivity index (χ3v) is 2.55. The number of pyridine rings is 1. The van der Waals surface area contributed by atoms with Crippen molar-refractivity contribution in [1.29, 1.82) is 0 Å². The number of hydrogen-bond donors (Lipinski definition) is 0. The summed E-state index contributed by atoms with van der Waals surface area (Å²) in [5, 5.41) is 2.13. The number of thiophene rings is 1. The summed E-state index contributed by atoms with van der Waals surface area (Å²) in [5.41, 5.74) is 0. The Hall–Kier alpha value is -1.09. The summed E-state index contributed by atoms with van der Waals surface area (Å²) in [4.78, 5) is 4.02. The van der Waals surface area contributed by atoms with Gasteiger partial charge in [-0.05, 0) is 17.5 Å². The molecule has 0 N–H and O–H groups in total. The van der Waals surface area contributed by atoms with Crippen LogP contribution in [0, 0.1) is 0 Å². The van der Waals surface area contributed by atoms with E-state index in [0.29, 0.717) is 0 Å². The molecule has 0 amide bonds. The van der Waals surface area contributed by atoms with Gasteiger partial charge >= 0.3 is 0 Å². The number of fused-ring (bicyclic) bond motifs is 1. The van der Waals surface area contributed by atoms with Gasteiger partial charge in [-0.25, -0.2) is 0 Å². The molecule has 0 unspecified atom stereocenters. The first-order valence-electron chi connectivity index (χ1n) is 3.28. The number of ether oxygens (including phenoxy) is 1. The Morgan fingerprint density at radius 1 is 1.55 bits per heavy atom. The van der Waals surface area contributed by atoms with Crippen molar-refractivity contribution in [3.8, 4) is 5.06 Å². The van der Waals surface area contributed by atoms with Gasteiger partial charge in [0.2, 0.25) is 0 Å². The molecule has 2 nitrogen and oxygen atoms in total. The fourth-order valence-corrected chi connectivity index (χ4v) is 1.81. The number of rotatable bonds is 1. The molecule has 0 saturated carbocycles. The van der Waals surface area contributed by atoms with Gasteiger partial charge in [0.25, 0.3) is 0 Å². The maximum atomic E-state index is 5.09. The van der Waals surface area contributed by atoms with Crippen molar-refractivity contribution in [2.45, 2.75) is 0 Å². The predicted molar refractivity (Wildman–Crippen MR) is 46.2 cm³/mol. The van der Waals surface area contributed by atoms with Gasteiger partial charge in [0.05, 0.1) is 11.8 Å². The quantitative estimate of drug-likeness (QED) is 0.646. The lowest BCUT2D eigenvalue weighted by molar-refractivity contribution is 0.427. The summed E-state index contributed by atoms with van der Waals surface area (Å²) < 4.78 is 6.26. The van der Waals surface area contributed by atoms with Crippen LogP contribution in [0.5, 0.6) is 5.06 Å². The van der Waals surface area contributed by atoms with Crippen LogP contribution in [0.15, 0.2) is 24.5 Å². The number of methoxy groups -OCH3 is 1. The van der Waals surface area contributed by atoms with Gasteiger partial charge in [-0.2, -0.15) is 0 Å². The van der Waals surface area contributed by atoms with E-state index in [9.17, 15) is 0 Å². The molecule has 56 valence electrons. The zero-order chi connectivity index (χ0) is 7.68. The Labute approximate surface area is 68.5 Å².